The average Bonchev–Trinajstić information content (AvgIpc) is 3.44. The van der Waals surface area contributed by atoms with Crippen LogP contribution in [0.4, 0.5) is 0 Å². The highest BCUT2D eigenvalue weighted by atomic mass is 15.3. The van der Waals surface area contributed by atoms with E-state index in [4.69, 9.17) is 0 Å². The predicted octanol–water partition coefficient (Wildman–Crippen LogP) is 4.00. The molecule has 0 aromatic heterocycles. The first-order valence-corrected chi connectivity index (χ1v) is 8.83. The summed E-state index contributed by atoms with van der Waals surface area (Å²) in [5, 5.41) is 3.82. The Morgan fingerprint density at radius 1 is 1.00 bits per heavy atom. The third-order valence-electron chi connectivity index (χ3n) is 5.71. The molecule has 120 valence electrons. The maximum atomic E-state index is 3.82. The van der Waals surface area contributed by atoms with Gasteiger partial charge in [0.2, 0.25) is 0 Å². The summed E-state index contributed by atoms with van der Waals surface area (Å²) in [6.07, 6.45) is 2.78. The van der Waals surface area contributed by atoms with E-state index in [1.807, 2.05) is 0 Å². The van der Waals surface area contributed by atoms with Crippen LogP contribution in [0.2, 0.25) is 0 Å². The molecule has 0 spiro atoms. The van der Waals surface area contributed by atoms with E-state index in [1.165, 1.54) is 24.0 Å². The van der Waals surface area contributed by atoms with E-state index in [0.29, 0.717) is 11.6 Å². The molecular weight excluding hydrogens is 280 g/mol. The van der Waals surface area contributed by atoms with E-state index in [9.17, 15) is 0 Å². The van der Waals surface area contributed by atoms with Crippen molar-refractivity contribution >= 4 is 0 Å². The first kappa shape index (κ1) is 14.9. The zero-order chi connectivity index (χ0) is 15.7. The van der Waals surface area contributed by atoms with Crippen LogP contribution >= 0.6 is 0 Å². The van der Waals surface area contributed by atoms with Crippen LogP contribution in [0.15, 0.2) is 60.7 Å². The minimum absolute atomic E-state index is 0.293. The third kappa shape index (κ3) is 3.06. The van der Waals surface area contributed by atoms with Gasteiger partial charge in [-0.1, -0.05) is 60.7 Å². The van der Waals surface area contributed by atoms with E-state index in [0.717, 1.165) is 25.6 Å². The zero-order valence-corrected chi connectivity index (χ0v) is 13.9. The van der Waals surface area contributed by atoms with Gasteiger partial charge in [-0.15, -0.1) is 0 Å². The maximum Gasteiger partial charge on any atom is 0.0450 e. The van der Waals surface area contributed by atoms with Gasteiger partial charge in [-0.3, -0.25) is 4.90 Å². The van der Waals surface area contributed by atoms with Gasteiger partial charge in [0.25, 0.3) is 0 Å². The van der Waals surface area contributed by atoms with Crippen molar-refractivity contribution in [2.75, 3.05) is 13.1 Å². The largest absolute Gasteiger partial charge is 0.307 e. The zero-order valence-electron chi connectivity index (χ0n) is 13.9. The standard InChI is InChI=1S/C21H26N2/c1-21(19-12-13-19)16-22-20(18-10-6-3-7-11-18)15-23(21)14-17-8-4-2-5-9-17/h2-11,19-20,22H,12-16H2,1H3. The molecule has 23 heavy (non-hydrogen) atoms. The Bertz CT molecular complexity index is 635. The Kier molecular flexibility index (Phi) is 3.96. The summed E-state index contributed by atoms with van der Waals surface area (Å²) in [5.74, 6) is 0.857. The summed E-state index contributed by atoms with van der Waals surface area (Å²) in [4.78, 5) is 2.73. The second-order valence-electron chi connectivity index (χ2n) is 7.34. The topological polar surface area (TPSA) is 15.3 Å². The van der Waals surface area contributed by atoms with Crippen LogP contribution in [0.3, 0.4) is 0 Å². The molecule has 2 aromatic carbocycles. The number of rotatable bonds is 4. The molecule has 0 amide bonds. The lowest BCUT2D eigenvalue weighted by Gasteiger charge is -2.49. The Balaban J connectivity index is 1.57. The van der Waals surface area contributed by atoms with Crippen LogP contribution in [0.1, 0.15) is 36.9 Å². The summed E-state index contributed by atoms with van der Waals surface area (Å²) in [5.41, 5.74) is 3.12. The lowest BCUT2D eigenvalue weighted by Crippen LogP contribution is -2.61. The molecule has 4 rings (SSSR count). The maximum absolute atomic E-state index is 3.82. The van der Waals surface area contributed by atoms with Gasteiger partial charge in [0.1, 0.15) is 0 Å². The summed E-state index contributed by atoms with van der Waals surface area (Å²) >= 11 is 0. The molecule has 0 radical (unpaired) electrons. The molecule has 2 nitrogen and oxygen atoms in total. The smallest absolute Gasteiger partial charge is 0.0450 e. The number of nitrogens with zero attached hydrogens (tertiary/aromatic N) is 1. The fraction of sp³-hybridized carbons (Fsp3) is 0.429. The van der Waals surface area contributed by atoms with Crippen molar-refractivity contribution in [2.24, 2.45) is 5.92 Å². The molecule has 1 saturated carbocycles. The van der Waals surface area contributed by atoms with Gasteiger partial charge in [0.05, 0.1) is 0 Å². The molecule has 1 aliphatic carbocycles. The van der Waals surface area contributed by atoms with Crippen LogP contribution in [0.25, 0.3) is 0 Å². The van der Waals surface area contributed by atoms with Gasteiger partial charge in [-0.2, -0.15) is 0 Å². The second kappa shape index (κ2) is 6.10. The number of piperazine rings is 1. The van der Waals surface area contributed by atoms with E-state index in [-0.39, 0.29) is 0 Å². The lowest BCUT2D eigenvalue weighted by atomic mass is 9.87. The number of hydrogen-bond donors (Lipinski definition) is 1. The van der Waals surface area contributed by atoms with Gasteiger partial charge in [-0.05, 0) is 36.8 Å². The van der Waals surface area contributed by atoms with Crippen LogP contribution in [-0.2, 0) is 6.54 Å². The molecule has 1 heterocycles. The molecule has 2 atom stereocenters. The molecule has 1 aliphatic heterocycles. The van der Waals surface area contributed by atoms with E-state index >= 15 is 0 Å². The van der Waals surface area contributed by atoms with Crippen LogP contribution < -0.4 is 5.32 Å². The van der Waals surface area contributed by atoms with E-state index in [1.54, 1.807) is 0 Å². The Morgan fingerprint density at radius 2 is 1.65 bits per heavy atom. The first-order valence-electron chi connectivity index (χ1n) is 8.83. The van der Waals surface area contributed by atoms with Gasteiger partial charge in [0, 0.05) is 31.2 Å². The molecule has 2 fully saturated rings. The number of hydrogen-bond acceptors (Lipinski definition) is 2. The van der Waals surface area contributed by atoms with Crippen molar-refractivity contribution in [2.45, 2.75) is 37.9 Å². The minimum atomic E-state index is 0.293. The molecule has 2 aromatic rings. The third-order valence-corrected chi connectivity index (χ3v) is 5.71. The van der Waals surface area contributed by atoms with Crippen molar-refractivity contribution in [1.29, 1.82) is 0 Å². The first-order chi connectivity index (χ1) is 11.3. The molecule has 2 aliphatic rings. The van der Waals surface area contributed by atoms with Gasteiger partial charge < -0.3 is 5.32 Å². The average molecular weight is 306 g/mol. The quantitative estimate of drug-likeness (QED) is 0.918. The van der Waals surface area contributed by atoms with Crippen molar-refractivity contribution < 1.29 is 0 Å². The van der Waals surface area contributed by atoms with Gasteiger partial charge in [0.15, 0.2) is 0 Å². The van der Waals surface area contributed by atoms with Crippen molar-refractivity contribution in [1.82, 2.24) is 10.2 Å². The molecule has 1 saturated heterocycles. The van der Waals surface area contributed by atoms with E-state index in [2.05, 4.69) is 77.8 Å². The Labute approximate surface area is 139 Å². The van der Waals surface area contributed by atoms with Crippen LogP contribution in [-0.4, -0.2) is 23.5 Å². The molecule has 2 unspecified atom stereocenters. The minimum Gasteiger partial charge on any atom is -0.307 e. The fourth-order valence-electron chi connectivity index (χ4n) is 4.00. The Hall–Kier alpha value is -1.64. The fourth-order valence-corrected chi connectivity index (χ4v) is 4.00. The summed E-state index contributed by atoms with van der Waals surface area (Å²) in [6.45, 7) is 5.69. The summed E-state index contributed by atoms with van der Waals surface area (Å²) in [7, 11) is 0. The SMILES string of the molecule is CC1(C2CC2)CNC(c2ccccc2)CN1Cc1ccccc1. The highest BCUT2D eigenvalue weighted by Gasteiger charge is 2.48. The highest BCUT2D eigenvalue weighted by Crippen LogP contribution is 2.45. The van der Waals surface area contributed by atoms with Crippen molar-refractivity contribution in [3.63, 3.8) is 0 Å². The summed E-state index contributed by atoms with van der Waals surface area (Å²) in [6, 6.07) is 22.3. The monoisotopic (exact) mass is 306 g/mol. The highest BCUT2D eigenvalue weighted by molar-refractivity contribution is 5.22. The Morgan fingerprint density at radius 3 is 2.30 bits per heavy atom. The van der Waals surface area contributed by atoms with Crippen molar-refractivity contribution in [3.8, 4) is 0 Å². The molecule has 0 bridgehead atoms. The number of nitrogens with one attached hydrogen (secondary N) is 1. The van der Waals surface area contributed by atoms with Crippen molar-refractivity contribution in [3.05, 3.63) is 71.8 Å². The lowest BCUT2D eigenvalue weighted by molar-refractivity contribution is 0.0274. The van der Waals surface area contributed by atoms with E-state index < -0.39 is 0 Å². The molecule has 2 heteroatoms. The van der Waals surface area contributed by atoms with Crippen LogP contribution in [0, 0.1) is 5.92 Å². The predicted molar refractivity (Wildman–Crippen MR) is 95.2 cm³/mol. The normalized spacial score (nSPS) is 28.7. The van der Waals surface area contributed by atoms with Gasteiger partial charge in [-0.25, -0.2) is 0 Å². The van der Waals surface area contributed by atoms with Crippen LogP contribution in [0.5, 0.6) is 0 Å². The summed E-state index contributed by atoms with van der Waals surface area (Å²) < 4.78 is 0. The molecule has 1 N–H and O–H groups in total. The van der Waals surface area contributed by atoms with Gasteiger partial charge >= 0.3 is 0 Å². The molecular formula is C21H26N2. The second-order valence-corrected chi connectivity index (χ2v) is 7.34. The number of benzene rings is 2.